The molecule has 2 rings (SSSR count). The summed E-state index contributed by atoms with van der Waals surface area (Å²) in [5, 5.41) is 7.01. The highest BCUT2D eigenvalue weighted by Crippen LogP contribution is 2.23. The van der Waals surface area contributed by atoms with Crippen molar-refractivity contribution >= 4 is 29.6 Å². The second kappa shape index (κ2) is 6.61. The van der Waals surface area contributed by atoms with Gasteiger partial charge < -0.3 is 15.5 Å². The molecule has 0 aliphatic carbocycles. The Bertz CT molecular complexity index is 234. The van der Waals surface area contributed by atoms with Gasteiger partial charge in [-0.25, -0.2) is 4.79 Å². The number of carbonyl (C=O) groups excluding carboxylic acids is 1. The lowest BCUT2D eigenvalue weighted by molar-refractivity contribution is 0.217. The number of nitrogens with one attached hydrogen (secondary N) is 2. The Labute approximate surface area is 105 Å². The van der Waals surface area contributed by atoms with Crippen LogP contribution >= 0.6 is 23.5 Å². The zero-order valence-corrected chi connectivity index (χ0v) is 11.0. The third-order valence-electron chi connectivity index (χ3n) is 2.76. The normalized spacial score (nSPS) is 25.9. The van der Waals surface area contributed by atoms with Crippen molar-refractivity contribution in [1.29, 1.82) is 0 Å². The van der Waals surface area contributed by atoms with Gasteiger partial charge in [-0.05, 0) is 0 Å². The molecular formula is C10H19N3OS2. The van der Waals surface area contributed by atoms with E-state index >= 15 is 0 Å². The van der Waals surface area contributed by atoms with Gasteiger partial charge in [0.25, 0.3) is 0 Å². The largest absolute Gasteiger partial charge is 0.336 e. The lowest BCUT2D eigenvalue weighted by Crippen LogP contribution is -2.37. The molecule has 2 aliphatic rings. The topological polar surface area (TPSA) is 44.4 Å². The van der Waals surface area contributed by atoms with E-state index < -0.39 is 0 Å². The fraction of sp³-hybridized carbons (Fsp3) is 0.900. The van der Waals surface area contributed by atoms with Crippen LogP contribution in [0.2, 0.25) is 0 Å². The maximum atomic E-state index is 11.2. The van der Waals surface area contributed by atoms with E-state index in [1.165, 1.54) is 17.3 Å². The summed E-state index contributed by atoms with van der Waals surface area (Å²) in [5.41, 5.74) is 0. The number of carbonyl (C=O) groups is 1. The van der Waals surface area contributed by atoms with Gasteiger partial charge in [-0.3, -0.25) is 0 Å². The van der Waals surface area contributed by atoms with Gasteiger partial charge in [0.1, 0.15) is 0 Å². The summed E-state index contributed by atoms with van der Waals surface area (Å²) in [6.45, 7) is 4.47. The van der Waals surface area contributed by atoms with Crippen molar-refractivity contribution in [2.45, 2.75) is 5.25 Å². The molecule has 0 aromatic heterocycles. The molecule has 0 aromatic carbocycles. The molecule has 2 amide bonds. The molecule has 2 aliphatic heterocycles. The summed E-state index contributed by atoms with van der Waals surface area (Å²) in [6.07, 6.45) is 0. The summed E-state index contributed by atoms with van der Waals surface area (Å²) in [6, 6.07) is 0.0874. The maximum Gasteiger partial charge on any atom is 0.317 e. The molecule has 0 saturated carbocycles. The average Bonchev–Trinajstić information content (AvgIpc) is 2.72. The van der Waals surface area contributed by atoms with Crippen molar-refractivity contribution in [3.8, 4) is 0 Å². The molecule has 1 atom stereocenters. The van der Waals surface area contributed by atoms with Gasteiger partial charge in [0.05, 0.1) is 0 Å². The summed E-state index contributed by atoms with van der Waals surface area (Å²) in [5.74, 6) is 3.85. The molecule has 6 heteroatoms. The summed E-state index contributed by atoms with van der Waals surface area (Å²) in [7, 11) is 0. The summed E-state index contributed by atoms with van der Waals surface area (Å²) >= 11 is 4.12. The predicted octanol–water partition coefficient (Wildman–Crippen LogP) is 0.450. The van der Waals surface area contributed by atoms with Crippen LogP contribution in [0, 0.1) is 0 Å². The van der Waals surface area contributed by atoms with Crippen LogP contribution in [0.1, 0.15) is 0 Å². The van der Waals surface area contributed by atoms with E-state index in [0.29, 0.717) is 0 Å². The Morgan fingerprint density at radius 1 is 1.50 bits per heavy atom. The van der Waals surface area contributed by atoms with E-state index in [1.54, 1.807) is 0 Å². The van der Waals surface area contributed by atoms with Crippen LogP contribution in [0.5, 0.6) is 0 Å². The Kier molecular flexibility index (Phi) is 5.12. The molecule has 2 heterocycles. The first kappa shape index (κ1) is 12.4. The fourth-order valence-corrected chi connectivity index (χ4v) is 4.50. The van der Waals surface area contributed by atoms with Crippen molar-refractivity contribution < 1.29 is 4.79 Å². The van der Waals surface area contributed by atoms with E-state index in [9.17, 15) is 4.79 Å². The Balaban J connectivity index is 1.52. The summed E-state index contributed by atoms with van der Waals surface area (Å²) in [4.78, 5) is 13.1. The second-order valence-electron chi connectivity index (χ2n) is 3.99. The molecule has 2 N–H and O–H groups in total. The van der Waals surface area contributed by atoms with E-state index in [1.807, 2.05) is 4.90 Å². The Hall–Kier alpha value is -0.0700. The first-order valence-corrected chi connectivity index (χ1v) is 7.99. The highest BCUT2D eigenvalue weighted by molar-refractivity contribution is 8.06. The van der Waals surface area contributed by atoms with Crippen LogP contribution in [-0.4, -0.2) is 66.2 Å². The van der Waals surface area contributed by atoms with Crippen LogP contribution in [0.4, 0.5) is 4.79 Å². The molecule has 16 heavy (non-hydrogen) atoms. The van der Waals surface area contributed by atoms with Crippen molar-refractivity contribution in [1.82, 2.24) is 15.5 Å². The fourth-order valence-electron chi connectivity index (χ4n) is 1.86. The van der Waals surface area contributed by atoms with Gasteiger partial charge in [-0.15, -0.1) is 0 Å². The highest BCUT2D eigenvalue weighted by atomic mass is 32.2. The van der Waals surface area contributed by atoms with Crippen LogP contribution in [0.3, 0.4) is 0 Å². The number of hydrogen-bond acceptors (Lipinski definition) is 4. The Morgan fingerprint density at radius 3 is 3.12 bits per heavy atom. The summed E-state index contributed by atoms with van der Waals surface area (Å²) < 4.78 is 0. The molecule has 0 radical (unpaired) electrons. The SMILES string of the molecule is O=C1NCCN1CCNCC1CSCCS1. The molecule has 1 unspecified atom stereocenters. The third kappa shape index (κ3) is 3.75. The molecule has 2 saturated heterocycles. The molecule has 4 nitrogen and oxygen atoms in total. The first-order chi connectivity index (χ1) is 7.86. The van der Waals surface area contributed by atoms with E-state index in [0.717, 1.165) is 38.0 Å². The van der Waals surface area contributed by atoms with Gasteiger partial charge in [0.15, 0.2) is 0 Å². The quantitative estimate of drug-likeness (QED) is 0.705. The van der Waals surface area contributed by atoms with Gasteiger partial charge in [0, 0.05) is 55.2 Å². The van der Waals surface area contributed by atoms with Crippen LogP contribution in [0.25, 0.3) is 0 Å². The van der Waals surface area contributed by atoms with E-state index in [-0.39, 0.29) is 6.03 Å². The number of urea groups is 1. The minimum absolute atomic E-state index is 0.0874. The van der Waals surface area contributed by atoms with E-state index in [4.69, 9.17) is 0 Å². The number of rotatable bonds is 5. The molecule has 92 valence electrons. The standard InChI is InChI=1S/C10H19N3OS2/c14-10-12-2-4-13(10)3-1-11-7-9-8-15-5-6-16-9/h9,11H,1-8H2,(H,12,14). The third-order valence-corrected chi connectivity index (χ3v) is 5.61. The van der Waals surface area contributed by atoms with Gasteiger partial charge in [0.2, 0.25) is 0 Å². The second-order valence-corrected chi connectivity index (χ2v) is 6.55. The number of nitrogens with zero attached hydrogens (tertiary/aromatic N) is 1. The van der Waals surface area contributed by atoms with Crippen molar-refractivity contribution in [2.75, 3.05) is 50.0 Å². The molecule has 2 fully saturated rings. The van der Waals surface area contributed by atoms with Crippen molar-refractivity contribution in [3.05, 3.63) is 0 Å². The highest BCUT2D eigenvalue weighted by Gasteiger charge is 2.18. The lowest BCUT2D eigenvalue weighted by atomic mass is 10.4. The molecule has 0 bridgehead atoms. The number of thioether (sulfide) groups is 2. The molecule has 0 aromatic rings. The Morgan fingerprint density at radius 2 is 2.44 bits per heavy atom. The number of amides is 2. The first-order valence-electron chi connectivity index (χ1n) is 5.79. The predicted molar refractivity (Wildman–Crippen MR) is 71.4 cm³/mol. The van der Waals surface area contributed by atoms with E-state index in [2.05, 4.69) is 34.2 Å². The lowest BCUT2D eigenvalue weighted by Gasteiger charge is -2.22. The average molecular weight is 261 g/mol. The van der Waals surface area contributed by atoms with Gasteiger partial charge in [-0.1, -0.05) is 0 Å². The van der Waals surface area contributed by atoms with Gasteiger partial charge >= 0.3 is 6.03 Å². The van der Waals surface area contributed by atoms with Crippen LogP contribution in [0.15, 0.2) is 0 Å². The zero-order chi connectivity index (χ0) is 11.2. The van der Waals surface area contributed by atoms with Crippen molar-refractivity contribution in [2.24, 2.45) is 0 Å². The van der Waals surface area contributed by atoms with Crippen LogP contribution < -0.4 is 10.6 Å². The molecule has 0 spiro atoms. The van der Waals surface area contributed by atoms with Crippen LogP contribution in [-0.2, 0) is 0 Å². The van der Waals surface area contributed by atoms with Crippen molar-refractivity contribution in [3.63, 3.8) is 0 Å². The smallest absolute Gasteiger partial charge is 0.317 e. The minimum atomic E-state index is 0.0874. The molecular weight excluding hydrogens is 242 g/mol. The maximum absolute atomic E-state index is 11.2. The monoisotopic (exact) mass is 261 g/mol. The minimum Gasteiger partial charge on any atom is -0.336 e. The number of hydrogen-bond donors (Lipinski definition) is 2. The van der Waals surface area contributed by atoms with Gasteiger partial charge in [-0.2, -0.15) is 23.5 Å². The zero-order valence-electron chi connectivity index (χ0n) is 9.41.